The molecule has 2 heterocycles. The number of halogens is 1. The Labute approximate surface area is 173 Å². The van der Waals surface area contributed by atoms with Gasteiger partial charge in [-0.05, 0) is 49.4 Å². The molecule has 0 saturated heterocycles. The van der Waals surface area contributed by atoms with Gasteiger partial charge in [-0.2, -0.15) is 0 Å². The van der Waals surface area contributed by atoms with Gasteiger partial charge in [-0.15, -0.1) is 0 Å². The van der Waals surface area contributed by atoms with Crippen LogP contribution in [-0.2, 0) is 0 Å². The molecule has 4 N–H and O–H groups in total. The summed E-state index contributed by atoms with van der Waals surface area (Å²) in [5.41, 5.74) is 3.36. The highest BCUT2D eigenvalue weighted by molar-refractivity contribution is 5.94. The second-order valence-corrected chi connectivity index (χ2v) is 7.10. The van der Waals surface area contributed by atoms with Crippen molar-refractivity contribution in [3.05, 3.63) is 71.4 Å². The number of aliphatic imine (C=N–C) groups is 1. The number of nitrogens with zero attached hydrogens (tertiary/aromatic N) is 2. The lowest BCUT2D eigenvalue weighted by atomic mass is 10.2. The first-order valence-electron chi connectivity index (χ1n) is 9.56. The summed E-state index contributed by atoms with van der Waals surface area (Å²) >= 11 is 0. The summed E-state index contributed by atoms with van der Waals surface area (Å²) in [6.07, 6.45) is 3.03. The maximum Gasteiger partial charge on any atom is 0.251 e. The van der Waals surface area contributed by atoms with E-state index < -0.39 is 6.29 Å². The van der Waals surface area contributed by atoms with Crippen LogP contribution in [0.1, 0.15) is 16.1 Å². The fourth-order valence-corrected chi connectivity index (χ4v) is 3.39. The highest BCUT2D eigenvalue weighted by Crippen LogP contribution is 2.27. The van der Waals surface area contributed by atoms with Gasteiger partial charge in [-0.25, -0.2) is 9.38 Å². The topological polar surface area (TPSA) is 84.5 Å². The van der Waals surface area contributed by atoms with Gasteiger partial charge in [0.2, 0.25) is 0 Å². The number of carbonyl (C=O) groups is 1. The van der Waals surface area contributed by atoms with Crippen molar-refractivity contribution >= 4 is 34.4 Å². The number of anilines is 2. The first-order chi connectivity index (χ1) is 14.5. The number of amides is 1. The van der Waals surface area contributed by atoms with E-state index in [0.29, 0.717) is 22.5 Å². The number of rotatable bonds is 5. The zero-order valence-corrected chi connectivity index (χ0v) is 17.0. The summed E-state index contributed by atoms with van der Waals surface area (Å²) in [5, 5.41) is 9.60. The Balaban J connectivity index is 1.52. The van der Waals surface area contributed by atoms with Crippen molar-refractivity contribution in [1.29, 1.82) is 0 Å². The molecular formula is C22H23FN6O. The van der Waals surface area contributed by atoms with Gasteiger partial charge < -0.3 is 25.8 Å². The minimum Gasteiger partial charge on any atom is -0.359 e. The highest BCUT2D eigenvalue weighted by Gasteiger charge is 2.20. The van der Waals surface area contributed by atoms with Gasteiger partial charge in [0.25, 0.3) is 5.91 Å². The van der Waals surface area contributed by atoms with E-state index in [1.165, 1.54) is 0 Å². The third kappa shape index (κ3) is 3.71. The van der Waals surface area contributed by atoms with Gasteiger partial charge in [-0.1, -0.05) is 6.07 Å². The van der Waals surface area contributed by atoms with Gasteiger partial charge in [0.15, 0.2) is 12.1 Å². The van der Waals surface area contributed by atoms with Crippen LogP contribution < -0.4 is 16.0 Å². The van der Waals surface area contributed by atoms with Crippen molar-refractivity contribution in [2.24, 2.45) is 4.99 Å². The molecule has 0 fully saturated rings. The summed E-state index contributed by atoms with van der Waals surface area (Å²) < 4.78 is 14.9. The first-order valence-corrected chi connectivity index (χ1v) is 9.56. The Morgan fingerprint density at radius 1 is 1.23 bits per heavy atom. The number of fused-ring (bicyclic) bond motifs is 1. The number of nitrogens with one attached hydrogen (secondary N) is 4. The normalized spacial score (nSPS) is 15.8. The lowest BCUT2D eigenvalue weighted by Gasteiger charge is -2.32. The summed E-state index contributed by atoms with van der Waals surface area (Å²) in [6.45, 7) is 1.90. The molecule has 8 heteroatoms. The average Bonchev–Trinajstić information content (AvgIpc) is 3.13. The predicted octanol–water partition coefficient (Wildman–Crippen LogP) is 3.64. The maximum atomic E-state index is 14.9. The molecule has 7 nitrogen and oxygen atoms in total. The van der Waals surface area contributed by atoms with E-state index in [1.54, 1.807) is 49.7 Å². The molecule has 1 aromatic heterocycles. The fourth-order valence-electron chi connectivity index (χ4n) is 3.39. The molecule has 0 radical (unpaired) electrons. The Kier molecular flexibility index (Phi) is 5.14. The van der Waals surface area contributed by atoms with Crippen LogP contribution in [0.15, 0.2) is 59.4 Å². The minimum absolute atomic E-state index is 0.160. The number of aromatic amines is 1. The van der Waals surface area contributed by atoms with Gasteiger partial charge >= 0.3 is 0 Å². The molecule has 30 heavy (non-hydrogen) atoms. The Bertz CT molecular complexity index is 1170. The molecule has 2 aromatic carbocycles. The van der Waals surface area contributed by atoms with Crippen LogP contribution in [0.5, 0.6) is 0 Å². The number of carbonyl (C=O) groups excluding carboxylic acids is 1. The molecular weight excluding hydrogens is 383 g/mol. The number of H-pyrrole nitrogens is 1. The molecule has 0 bridgehead atoms. The molecule has 0 spiro atoms. The second kappa shape index (κ2) is 7.90. The van der Waals surface area contributed by atoms with E-state index in [2.05, 4.69) is 25.9 Å². The van der Waals surface area contributed by atoms with E-state index in [-0.39, 0.29) is 11.7 Å². The molecule has 3 aromatic rings. The quantitative estimate of drug-likeness (QED) is 0.521. The summed E-state index contributed by atoms with van der Waals surface area (Å²) in [4.78, 5) is 21.3. The number of aryl methyl sites for hydroxylation is 1. The maximum absolute atomic E-state index is 14.9. The van der Waals surface area contributed by atoms with Crippen LogP contribution in [0.4, 0.5) is 15.8 Å². The summed E-state index contributed by atoms with van der Waals surface area (Å²) in [5.74, 6) is 0.221. The SMILES string of the molecule is CNC(=O)c1cccc(NC2N=CC=C(Nc3ccc4[nH]c(C)cc4c3F)N2C)c1. The van der Waals surface area contributed by atoms with Gasteiger partial charge in [0.05, 0.1) is 5.69 Å². The van der Waals surface area contributed by atoms with Crippen molar-refractivity contribution in [3.8, 4) is 0 Å². The Morgan fingerprint density at radius 3 is 2.87 bits per heavy atom. The number of benzene rings is 2. The largest absolute Gasteiger partial charge is 0.359 e. The summed E-state index contributed by atoms with van der Waals surface area (Å²) in [7, 11) is 3.45. The predicted molar refractivity (Wildman–Crippen MR) is 118 cm³/mol. The third-order valence-electron chi connectivity index (χ3n) is 4.99. The average molecular weight is 406 g/mol. The van der Waals surface area contributed by atoms with Gasteiger partial charge in [0.1, 0.15) is 5.82 Å². The van der Waals surface area contributed by atoms with E-state index >= 15 is 0 Å². The monoisotopic (exact) mass is 406 g/mol. The minimum atomic E-state index is -0.418. The summed E-state index contributed by atoms with van der Waals surface area (Å²) in [6, 6.07) is 12.5. The van der Waals surface area contributed by atoms with Crippen LogP contribution in [0.25, 0.3) is 10.9 Å². The lowest BCUT2D eigenvalue weighted by Crippen LogP contribution is -2.40. The zero-order valence-electron chi connectivity index (χ0n) is 17.0. The third-order valence-corrected chi connectivity index (χ3v) is 4.99. The zero-order chi connectivity index (χ0) is 21.3. The molecule has 1 atom stereocenters. The van der Waals surface area contributed by atoms with Crippen LogP contribution in [0, 0.1) is 12.7 Å². The molecule has 4 rings (SSSR count). The molecule has 1 aliphatic heterocycles. The van der Waals surface area contributed by atoms with Crippen LogP contribution in [0.2, 0.25) is 0 Å². The van der Waals surface area contributed by atoms with E-state index in [9.17, 15) is 9.18 Å². The van der Waals surface area contributed by atoms with Crippen molar-refractivity contribution in [3.63, 3.8) is 0 Å². The highest BCUT2D eigenvalue weighted by atomic mass is 19.1. The van der Waals surface area contributed by atoms with Gasteiger partial charge in [-0.3, -0.25) is 4.79 Å². The molecule has 154 valence electrons. The van der Waals surface area contributed by atoms with Gasteiger partial charge in [0, 0.05) is 48.2 Å². The van der Waals surface area contributed by atoms with Crippen LogP contribution in [0.3, 0.4) is 0 Å². The second-order valence-electron chi connectivity index (χ2n) is 7.10. The van der Waals surface area contributed by atoms with Crippen LogP contribution in [-0.4, -0.2) is 42.4 Å². The van der Waals surface area contributed by atoms with E-state index in [0.717, 1.165) is 16.9 Å². The molecule has 1 unspecified atom stereocenters. The van der Waals surface area contributed by atoms with Crippen molar-refractivity contribution in [1.82, 2.24) is 15.2 Å². The number of hydrogen-bond donors (Lipinski definition) is 4. The smallest absolute Gasteiger partial charge is 0.251 e. The van der Waals surface area contributed by atoms with E-state index in [1.807, 2.05) is 31.0 Å². The van der Waals surface area contributed by atoms with E-state index in [4.69, 9.17) is 0 Å². The van der Waals surface area contributed by atoms with Crippen LogP contribution >= 0.6 is 0 Å². The number of hydrogen-bond acceptors (Lipinski definition) is 5. The van der Waals surface area contributed by atoms with Crippen molar-refractivity contribution in [2.75, 3.05) is 24.7 Å². The first kappa shape index (κ1) is 19.5. The number of allylic oxidation sites excluding steroid dienone is 1. The molecule has 1 aliphatic rings. The molecule has 0 saturated carbocycles. The fraction of sp³-hybridized carbons (Fsp3) is 0.182. The molecule has 1 amide bonds. The lowest BCUT2D eigenvalue weighted by molar-refractivity contribution is 0.0963. The molecule has 0 aliphatic carbocycles. The van der Waals surface area contributed by atoms with Crippen molar-refractivity contribution in [2.45, 2.75) is 13.2 Å². The Morgan fingerprint density at radius 2 is 2.07 bits per heavy atom. The standard InChI is InChI=1S/C22H23FN6O/c1-13-11-16-17(26-13)7-8-18(20(16)23)28-19-9-10-25-22(29(19)3)27-15-6-4-5-14(12-15)21(30)24-2/h4-12,22,26-28H,1-3H3,(H,24,30). The Hall–Kier alpha value is -3.81. The van der Waals surface area contributed by atoms with Crippen molar-refractivity contribution < 1.29 is 9.18 Å². The number of aromatic nitrogens is 1.